The van der Waals surface area contributed by atoms with E-state index in [1.165, 1.54) is 16.9 Å². The standard InChI is InChI=1S/C14H14BrNOS/c1-2-3-10-4-6-12(7-5-10)16-14(17)11-8-13(15)18-9-11/h4-9H,2-3H2,1H3,(H,16,17). The van der Waals surface area contributed by atoms with Gasteiger partial charge in [0.05, 0.1) is 9.35 Å². The molecule has 0 spiro atoms. The van der Waals surface area contributed by atoms with Crippen molar-refractivity contribution in [3.63, 3.8) is 0 Å². The number of nitrogens with one attached hydrogen (secondary N) is 1. The molecular formula is C14H14BrNOS. The van der Waals surface area contributed by atoms with E-state index in [1.54, 1.807) is 0 Å². The molecule has 18 heavy (non-hydrogen) atoms. The van der Waals surface area contributed by atoms with Crippen molar-refractivity contribution in [3.05, 3.63) is 50.6 Å². The van der Waals surface area contributed by atoms with Gasteiger partial charge in [0.2, 0.25) is 0 Å². The van der Waals surface area contributed by atoms with E-state index in [4.69, 9.17) is 0 Å². The molecule has 0 fully saturated rings. The maximum Gasteiger partial charge on any atom is 0.256 e. The van der Waals surface area contributed by atoms with Crippen LogP contribution in [-0.2, 0) is 6.42 Å². The van der Waals surface area contributed by atoms with E-state index in [9.17, 15) is 4.79 Å². The Morgan fingerprint density at radius 1 is 1.33 bits per heavy atom. The Kier molecular flexibility index (Phi) is 4.55. The van der Waals surface area contributed by atoms with Gasteiger partial charge in [0.25, 0.3) is 5.91 Å². The van der Waals surface area contributed by atoms with Crippen LogP contribution in [0.4, 0.5) is 5.69 Å². The summed E-state index contributed by atoms with van der Waals surface area (Å²) in [6.45, 7) is 2.16. The monoisotopic (exact) mass is 323 g/mol. The minimum Gasteiger partial charge on any atom is -0.322 e. The minimum atomic E-state index is -0.0693. The smallest absolute Gasteiger partial charge is 0.256 e. The molecule has 1 heterocycles. The van der Waals surface area contributed by atoms with E-state index >= 15 is 0 Å². The van der Waals surface area contributed by atoms with E-state index in [-0.39, 0.29) is 5.91 Å². The number of halogens is 1. The number of carbonyl (C=O) groups excluding carboxylic acids is 1. The Morgan fingerprint density at radius 2 is 2.06 bits per heavy atom. The van der Waals surface area contributed by atoms with Gasteiger partial charge in [0.1, 0.15) is 0 Å². The first kappa shape index (κ1) is 13.3. The van der Waals surface area contributed by atoms with E-state index in [0.717, 1.165) is 22.3 Å². The highest BCUT2D eigenvalue weighted by Gasteiger charge is 2.07. The molecular weight excluding hydrogens is 310 g/mol. The zero-order valence-corrected chi connectivity index (χ0v) is 12.5. The molecule has 0 atom stereocenters. The van der Waals surface area contributed by atoms with Crippen LogP contribution in [-0.4, -0.2) is 5.91 Å². The van der Waals surface area contributed by atoms with Gasteiger partial charge in [-0.25, -0.2) is 0 Å². The minimum absolute atomic E-state index is 0.0693. The maximum absolute atomic E-state index is 11.9. The van der Waals surface area contributed by atoms with Gasteiger partial charge in [-0.05, 0) is 46.1 Å². The van der Waals surface area contributed by atoms with Crippen LogP contribution in [0.2, 0.25) is 0 Å². The molecule has 94 valence electrons. The fourth-order valence-corrected chi connectivity index (χ4v) is 2.81. The second-order valence-corrected chi connectivity index (χ2v) is 6.33. The van der Waals surface area contributed by atoms with Gasteiger partial charge in [-0.1, -0.05) is 25.5 Å². The third-order valence-corrected chi connectivity index (χ3v) is 4.08. The van der Waals surface area contributed by atoms with Crippen molar-refractivity contribution in [2.45, 2.75) is 19.8 Å². The lowest BCUT2D eigenvalue weighted by Crippen LogP contribution is -2.10. The molecule has 1 N–H and O–H groups in total. The van der Waals surface area contributed by atoms with Crippen molar-refractivity contribution < 1.29 is 4.79 Å². The number of amides is 1. The fraction of sp³-hybridized carbons (Fsp3) is 0.214. The predicted molar refractivity (Wildman–Crippen MR) is 80.4 cm³/mol. The van der Waals surface area contributed by atoms with E-state index in [1.807, 2.05) is 23.6 Å². The van der Waals surface area contributed by atoms with Crippen LogP contribution in [0, 0.1) is 0 Å². The predicted octanol–water partition coefficient (Wildman–Crippen LogP) is 4.72. The quantitative estimate of drug-likeness (QED) is 0.866. The van der Waals surface area contributed by atoms with Gasteiger partial charge in [0.15, 0.2) is 0 Å². The molecule has 0 aliphatic carbocycles. The average molecular weight is 324 g/mol. The van der Waals surface area contributed by atoms with Crippen LogP contribution < -0.4 is 5.32 Å². The molecule has 0 bridgehead atoms. The molecule has 2 rings (SSSR count). The van der Waals surface area contributed by atoms with Crippen LogP contribution >= 0.6 is 27.3 Å². The summed E-state index contributed by atoms with van der Waals surface area (Å²) >= 11 is 4.86. The summed E-state index contributed by atoms with van der Waals surface area (Å²) in [5.74, 6) is -0.0693. The lowest BCUT2D eigenvalue weighted by molar-refractivity contribution is 0.102. The molecule has 2 nitrogen and oxygen atoms in total. The van der Waals surface area contributed by atoms with Crippen LogP contribution in [0.25, 0.3) is 0 Å². The van der Waals surface area contributed by atoms with E-state index in [2.05, 4.69) is 40.3 Å². The number of anilines is 1. The number of benzene rings is 1. The summed E-state index contributed by atoms with van der Waals surface area (Å²) in [6.07, 6.45) is 2.21. The number of carbonyl (C=O) groups is 1. The molecule has 2 aromatic rings. The second kappa shape index (κ2) is 6.16. The second-order valence-electron chi connectivity index (χ2n) is 4.04. The average Bonchev–Trinajstić information content (AvgIpc) is 2.79. The van der Waals surface area contributed by atoms with Crippen LogP contribution in [0.15, 0.2) is 39.5 Å². The molecule has 1 amide bonds. The summed E-state index contributed by atoms with van der Waals surface area (Å²) in [5, 5.41) is 4.73. The largest absolute Gasteiger partial charge is 0.322 e. The Hall–Kier alpha value is -1.13. The van der Waals surface area contributed by atoms with E-state index < -0.39 is 0 Å². The first-order valence-electron chi connectivity index (χ1n) is 5.83. The SMILES string of the molecule is CCCc1ccc(NC(=O)c2csc(Br)c2)cc1. The van der Waals surface area contributed by atoms with Gasteiger partial charge in [-0.15, -0.1) is 11.3 Å². The highest BCUT2D eigenvalue weighted by atomic mass is 79.9. The van der Waals surface area contributed by atoms with Gasteiger partial charge in [0, 0.05) is 11.1 Å². The van der Waals surface area contributed by atoms with Crippen LogP contribution in [0.3, 0.4) is 0 Å². The number of hydrogen-bond acceptors (Lipinski definition) is 2. The topological polar surface area (TPSA) is 29.1 Å². The molecule has 1 aromatic carbocycles. The molecule has 0 saturated carbocycles. The van der Waals surface area contributed by atoms with Crippen molar-refractivity contribution in [1.29, 1.82) is 0 Å². The summed E-state index contributed by atoms with van der Waals surface area (Å²) in [6, 6.07) is 9.84. The summed E-state index contributed by atoms with van der Waals surface area (Å²) in [7, 11) is 0. The Balaban J connectivity index is 2.03. The maximum atomic E-state index is 11.9. The van der Waals surface area contributed by atoms with Crippen molar-refractivity contribution in [2.24, 2.45) is 0 Å². The van der Waals surface area contributed by atoms with Crippen molar-refractivity contribution in [1.82, 2.24) is 0 Å². The third-order valence-electron chi connectivity index (χ3n) is 2.58. The number of hydrogen-bond donors (Lipinski definition) is 1. The van der Waals surface area contributed by atoms with Gasteiger partial charge < -0.3 is 5.32 Å². The zero-order valence-electron chi connectivity index (χ0n) is 10.1. The number of rotatable bonds is 4. The normalized spacial score (nSPS) is 10.3. The van der Waals surface area contributed by atoms with Gasteiger partial charge >= 0.3 is 0 Å². The summed E-state index contributed by atoms with van der Waals surface area (Å²) in [4.78, 5) is 11.9. The highest BCUT2D eigenvalue weighted by molar-refractivity contribution is 9.11. The third kappa shape index (κ3) is 3.43. The number of thiophene rings is 1. The molecule has 0 radical (unpaired) electrons. The first-order valence-corrected chi connectivity index (χ1v) is 7.50. The summed E-state index contributed by atoms with van der Waals surface area (Å²) in [5.41, 5.74) is 2.82. The van der Waals surface area contributed by atoms with E-state index in [0.29, 0.717) is 5.56 Å². The molecule has 1 aromatic heterocycles. The zero-order chi connectivity index (χ0) is 13.0. The molecule has 0 unspecified atom stereocenters. The van der Waals surface area contributed by atoms with Crippen molar-refractivity contribution >= 4 is 38.9 Å². The lowest BCUT2D eigenvalue weighted by atomic mass is 10.1. The summed E-state index contributed by atoms with van der Waals surface area (Å²) < 4.78 is 0.964. The Morgan fingerprint density at radius 3 is 2.61 bits per heavy atom. The van der Waals surface area contributed by atoms with Gasteiger partial charge in [-0.2, -0.15) is 0 Å². The molecule has 4 heteroatoms. The van der Waals surface area contributed by atoms with Crippen molar-refractivity contribution in [2.75, 3.05) is 5.32 Å². The lowest BCUT2D eigenvalue weighted by Gasteiger charge is -2.05. The first-order chi connectivity index (χ1) is 8.69. The van der Waals surface area contributed by atoms with Crippen LogP contribution in [0.5, 0.6) is 0 Å². The highest BCUT2D eigenvalue weighted by Crippen LogP contribution is 2.21. The Labute approximate surface area is 119 Å². The Bertz CT molecular complexity index is 533. The van der Waals surface area contributed by atoms with Crippen LogP contribution in [0.1, 0.15) is 29.3 Å². The number of aryl methyl sites for hydroxylation is 1. The fourth-order valence-electron chi connectivity index (χ4n) is 1.68. The molecule has 0 aliphatic rings. The molecule has 0 aliphatic heterocycles. The molecule has 0 saturated heterocycles. The van der Waals surface area contributed by atoms with Crippen molar-refractivity contribution in [3.8, 4) is 0 Å². The van der Waals surface area contributed by atoms with Gasteiger partial charge in [-0.3, -0.25) is 4.79 Å².